The standard InChI is InChI=1S/C16H18ClNO/c1-3-15-9-13(11-17)10-16(18-15)19-12(2)14-7-5-4-6-8-14/h4-10,12H,3,11H2,1-2H3. The number of ether oxygens (including phenoxy) is 1. The molecule has 0 saturated carbocycles. The average molecular weight is 276 g/mol. The quantitative estimate of drug-likeness (QED) is 0.749. The third-order valence-corrected chi connectivity index (χ3v) is 3.31. The van der Waals surface area contributed by atoms with Gasteiger partial charge in [-0.3, -0.25) is 0 Å². The van der Waals surface area contributed by atoms with Crippen LogP contribution in [0.4, 0.5) is 0 Å². The van der Waals surface area contributed by atoms with Gasteiger partial charge >= 0.3 is 0 Å². The summed E-state index contributed by atoms with van der Waals surface area (Å²) in [6.07, 6.45) is 0.852. The topological polar surface area (TPSA) is 22.1 Å². The van der Waals surface area contributed by atoms with Gasteiger partial charge < -0.3 is 4.74 Å². The van der Waals surface area contributed by atoms with E-state index in [1.165, 1.54) is 0 Å². The van der Waals surface area contributed by atoms with Crippen LogP contribution in [-0.2, 0) is 12.3 Å². The molecule has 0 radical (unpaired) electrons. The minimum Gasteiger partial charge on any atom is -0.470 e. The Bertz CT molecular complexity index is 505. The Morgan fingerprint density at radius 2 is 1.95 bits per heavy atom. The SMILES string of the molecule is CCc1cc(CCl)cc(OC(C)c2ccccc2)n1. The van der Waals surface area contributed by atoms with Crippen LogP contribution in [0.1, 0.15) is 36.8 Å². The average Bonchev–Trinajstić information content (AvgIpc) is 2.47. The van der Waals surface area contributed by atoms with Gasteiger partial charge in [-0.2, -0.15) is 0 Å². The van der Waals surface area contributed by atoms with Gasteiger partial charge in [0.05, 0.1) is 0 Å². The summed E-state index contributed by atoms with van der Waals surface area (Å²) >= 11 is 5.90. The van der Waals surface area contributed by atoms with Gasteiger partial charge in [-0.05, 0) is 30.5 Å². The molecule has 0 fully saturated rings. The van der Waals surface area contributed by atoms with Crippen LogP contribution in [0.3, 0.4) is 0 Å². The van der Waals surface area contributed by atoms with Crippen molar-refractivity contribution >= 4 is 11.6 Å². The molecule has 0 spiro atoms. The molecule has 3 heteroatoms. The van der Waals surface area contributed by atoms with Gasteiger partial charge in [0.1, 0.15) is 6.10 Å². The Kier molecular flexibility index (Phi) is 4.80. The highest BCUT2D eigenvalue weighted by atomic mass is 35.5. The Hall–Kier alpha value is -1.54. The highest BCUT2D eigenvalue weighted by Gasteiger charge is 2.09. The number of aromatic nitrogens is 1. The zero-order chi connectivity index (χ0) is 13.7. The molecule has 2 aromatic rings. The van der Waals surface area contributed by atoms with Crippen LogP contribution in [0.15, 0.2) is 42.5 Å². The number of hydrogen-bond donors (Lipinski definition) is 0. The first-order valence-electron chi connectivity index (χ1n) is 6.50. The molecule has 2 nitrogen and oxygen atoms in total. The van der Waals surface area contributed by atoms with E-state index in [2.05, 4.69) is 24.0 Å². The molecule has 1 heterocycles. The van der Waals surface area contributed by atoms with Crippen molar-refractivity contribution in [1.29, 1.82) is 0 Å². The lowest BCUT2D eigenvalue weighted by atomic mass is 10.1. The third kappa shape index (κ3) is 3.71. The van der Waals surface area contributed by atoms with E-state index in [0.29, 0.717) is 11.8 Å². The Balaban J connectivity index is 2.18. The zero-order valence-corrected chi connectivity index (χ0v) is 12.0. The van der Waals surface area contributed by atoms with Crippen molar-refractivity contribution < 1.29 is 4.74 Å². The van der Waals surface area contributed by atoms with Crippen LogP contribution >= 0.6 is 11.6 Å². The van der Waals surface area contributed by atoms with Gasteiger partial charge in [0.2, 0.25) is 5.88 Å². The lowest BCUT2D eigenvalue weighted by Gasteiger charge is -2.15. The smallest absolute Gasteiger partial charge is 0.214 e. The van der Waals surface area contributed by atoms with Crippen molar-refractivity contribution in [2.45, 2.75) is 32.3 Å². The number of halogens is 1. The maximum absolute atomic E-state index is 5.92. The molecular weight excluding hydrogens is 258 g/mol. The summed E-state index contributed by atoms with van der Waals surface area (Å²) in [5.74, 6) is 1.12. The second kappa shape index (κ2) is 6.58. The van der Waals surface area contributed by atoms with Crippen LogP contribution in [0.5, 0.6) is 5.88 Å². The van der Waals surface area contributed by atoms with Gasteiger partial charge in [-0.15, -0.1) is 11.6 Å². The summed E-state index contributed by atoms with van der Waals surface area (Å²) in [6, 6.07) is 14.1. The molecule has 1 atom stereocenters. The number of rotatable bonds is 5. The van der Waals surface area contributed by atoms with Crippen LogP contribution in [-0.4, -0.2) is 4.98 Å². The lowest BCUT2D eigenvalue weighted by Crippen LogP contribution is -2.05. The van der Waals surface area contributed by atoms with Gasteiger partial charge in [-0.1, -0.05) is 37.3 Å². The van der Waals surface area contributed by atoms with Crippen molar-refractivity contribution in [2.24, 2.45) is 0 Å². The Labute approximate surface area is 119 Å². The van der Waals surface area contributed by atoms with Crippen LogP contribution in [0, 0.1) is 0 Å². The second-order valence-corrected chi connectivity index (χ2v) is 4.73. The van der Waals surface area contributed by atoms with Gasteiger partial charge in [0.25, 0.3) is 0 Å². The second-order valence-electron chi connectivity index (χ2n) is 4.46. The fraction of sp³-hybridized carbons (Fsp3) is 0.312. The third-order valence-electron chi connectivity index (χ3n) is 3.00. The number of nitrogens with zero attached hydrogens (tertiary/aromatic N) is 1. The molecule has 0 saturated heterocycles. The van der Waals surface area contributed by atoms with Crippen molar-refractivity contribution in [2.75, 3.05) is 0 Å². The Morgan fingerprint density at radius 1 is 1.21 bits per heavy atom. The van der Waals surface area contributed by atoms with Crippen LogP contribution in [0.2, 0.25) is 0 Å². The molecule has 0 aliphatic carbocycles. The largest absolute Gasteiger partial charge is 0.470 e. The first-order valence-corrected chi connectivity index (χ1v) is 7.03. The molecule has 0 bridgehead atoms. The highest BCUT2D eigenvalue weighted by Crippen LogP contribution is 2.22. The van der Waals surface area contributed by atoms with Crippen molar-refractivity contribution in [3.8, 4) is 5.88 Å². The van der Waals surface area contributed by atoms with Crippen LogP contribution in [0.25, 0.3) is 0 Å². The number of aryl methyl sites for hydroxylation is 1. The normalized spacial score (nSPS) is 12.2. The van der Waals surface area contributed by atoms with Gasteiger partial charge in [-0.25, -0.2) is 4.98 Å². The molecule has 1 aromatic carbocycles. The number of alkyl halides is 1. The number of benzene rings is 1. The summed E-state index contributed by atoms with van der Waals surface area (Å²) in [5.41, 5.74) is 3.19. The monoisotopic (exact) mass is 275 g/mol. The molecule has 0 N–H and O–H groups in total. The molecular formula is C16H18ClNO. The van der Waals surface area contributed by atoms with E-state index in [-0.39, 0.29) is 6.10 Å². The molecule has 1 unspecified atom stereocenters. The number of pyridine rings is 1. The molecule has 0 aliphatic heterocycles. The fourth-order valence-corrected chi connectivity index (χ4v) is 2.07. The zero-order valence-electron chi connectivity index (χ0n) is 11.3. The van der Waals surface area contributed by atoms with E-state index in [4.69, 9.17) is 16.3 Å². The van der Waals surface area contributed by atoms with E-state index in [1.54, 1.807) is 0 Å². The van der Waals surface area contributed by atoms with Gasteiger partial charge in [0, 0.05) is 17.6 Å². The summed E-state index contributed by atoms with van der Waals surface area (Å²) in [4.78, 5) is 4.48. The van der Waals surface area contributed by atoms with Gasteiger partial charge in [0.15, 0.2) is 0 Å². The first kappa shape index (κ1) is 13.9. The predicted molar refractivity (Wildman–Crippen MR) is 78.7 cm³/mol. The summed E-state index contributed by atoms with van der Waals surface area (Å²) in [5, 5.41) is 0. The molecule has 0 aliphatic rings. The lowest BCUT2D eigenvalue weighted by molar-refractivity contribution is 0.217. The van der Waals surface area contributed by atoms with E-state index in [9.17, 15) is 0 Å². The van der Waals surface area contributed by atoms with Crippen molar-refractivity contribution in [3.63, 3.8) is 0 Å². The fourth-order valence-electron chi connectivity index (χ4n) is 1.91. The summed E-state index contributed by atoms with van der Waals surface area (Å²) < 4.78 is 5.92. The number of hydrogen-bond acceptors (Lipinski definition) is 2. The maximum Gasteiger partial charge on any atom is 0.214 e. The summed E-state index contributed by atoms with van der Waals surface area (Å²) in [7, 11) is 0. The maximum atomic E-state index is 5.92. The van der Waals surface area contributed by atoms with Crippen molar-refractivity contribution in [3.05, 3.63) is 59.3 Å². The van der Waals surface area contributed by atoms with Crippen LogP contribution < -0.4 is 4.74 Å². The Morgan fingerprint density at radius 3 is 2.58 bits per heavy atom. The van der Waals surface area contributed by atoms with E-state index >= 15 is 0 Å². The van der Waals surface area contributed by atoms with E-state index in [1.807, 2.05) is 37.3 Å². The van der Waals surface area contributed by atoms with E-state index < -0.39 is 0 Å². The molecule has 2 rings (SSSR count). The van der Waals surface area contributed by atoms with Crippen molar-refractivity contribution in [1.82, 2.24) is 4.98 Å². The molecule has 100 valence electrons. The minimum absolute atomic E-state index is 0.0241. The van der Waals surface area contributed by atoms with E-state index in [0.717, 1.165) is 23.2 Å². The molecule has 19 heavy (non-hydrogen) atoms. The molecule has 1 aromatic heterocycles. The highest BCUT2D eigenvalue weighted by molar-refractivity contribution is 6.17. The molecule has 0 amide bonds. The minimum atomic E-state index is -0.0241. The summed E-state index contributed by atoms with van der Waals surface area (Å²) in [6.45, 7) is 4.10. The first-order chi connectivity index (χ1) is 9.22. The predicted octanol–water partition coefficient (Wildman–Crippen LogP) is 4.52.